The van der Waals surface area contributed by atoms with Crippen molar-refractivity contribution in [2.45, 2.75) is 31.3 Å². The lowest BCUT2D eigenvalue weighted by molar-refractivity contribution is 0.199. The maximum Gasteiger partial charge on any atom is 0.213 e. The first kappa shape index (κ1) is 13.2. The number of pyridine rings is 1. The van der Waals surface area contributed by atoms with Gasteiger partial charge in [0.25, 0.3) is 0 Å². The van der Waals surface area contributed by atoms with Gasteiger partial charge in [-0.2, -0.15) is 0 Å². The molecule has 2 N–H and O–H groups in total. The number of nitrogens with zero attached hydrogens (tertiary/aromatic N) is 2. The number of nitrogens with two attached hydrogens (primary N) is 1. The van der Waals surface area contributed by atoms with E-state index in [1.165, 1.54) is 11.3 Å². The van der Waals surface area contributed by atoms with Gasteiger partial charge in [-0.3, -0.25) is 0 Å². The third-order valence-electron chi connectivity index (χ3n) is 3.57. The topological polar surface area (TPSA) is 70.3 Å². The van der Waals surface area contributed by atoms with Crippen LogP contribution in [-0.4, -0.2) is 23.2 Å². The molecule has 2 aromatic heterocycles. The Hall–Kier alpha value is -1.82. The van der Waals surface area contributed by atoms with E-state index in [4.69, 9.17) is 15.2 Å². The highest BCUT2D eigenvalue weighted by Crippen LogP contribution is 2.36. The fourth-order valence-electron chi connectivity index (χ4n) is 2.53. The largest absolute Gasteiger partial charge is 0.495 e. The second-order valence-corrected chi connectivity index (χ2v) is 5.79. The fourth-order valence-corrected chi connectivity index (χ4v) is 3.18. The summed E-state index contributed by atoms with van der Waals surface area (Å²) in [7, 11) is 1.62. The summed E-state index contributed by atoms with van der Waals surface area (Å²) in [5, 5.41) is 2.69. The molecule has 0 saturated heterocycles. The number of methoxy groups -OCH3 is 1. The normalized spacial score (nSPS) is 21.9. The smallest absolute Gasteiger partial charge is 0.213 e. The molecule has 1 aliphatic rings. The minimum absolute atomic E-state index is 0.198. The first-order chi connectivity index (χ1) is 9.74. The number of thiazole rings is 1. The predicted octanol–water partition coefficient (Wildman–Crippen LogP) is 2.84. The summed E-state index contributed by atoms with van der Waals surface area (Å²) in [4.78, 5) is 8.60. The van der Waals surface area contributed by atoms with Crippen LogP contribution in [0.4, 0.5) is 5.13 Å². The van der Waals surface area contributed by atoms with Gasteiger partial charge in [0.1, 0.15) is 11.9 Å². The summed E-state index contributed by atoms with van der Waals surface area (Å²) in [6.45, 7) is 0. The molecule has 0 bridgehead atoms. The standard InChI is InChI=1S/C14H17N3O2S/c1-18-11-4-5-13(16-7-11)19-10-3-2-9(6-10)12-8-20-14(15)17-12/h4-5,7-10H,2-3,6H2,1H3,(H2,15,17)/t9-,10+/m0/s1. The predicted molar refractivity (Wildman–Crippen MR) is 78.3 cm³/mol. The Kier molecular flexibility index (Phi) is 3.73. The van der Waals surface area contributed by atoms with Gasteiger partial charge in [0, 0.05) is 17.4 Å². The van der Waals surface area contributed by atoms with Gasteiger partial charge >= 0.3 is 0 Å². The van der Waals surface area contributed by atoms with Crippen LogP contribution in [0.25, 0.3) is 0 Å². The van der Waals surface area contributed by atoms with Crippen LogP contribution in [0, 0.1) is 0 Å². The maximum atomic E-state index is 5.91. The van der Waals surface area contributed by atoms with E-state index in [2.05, 4.69) is 9.97 Å². The lowest BCUT2D eigenvalue weighted by Crippen LogP contribution is -2.12. The van der Waals surface area contributed by atoms with Crippen LogP contribution in [0.15, 0.2) is 23.7 Å². The zero-order valence-electron chi connectivity index (χ0n) is 11.3. The number of hydrogen-bond acceptors (Lipinski definition) is 6. The van der Waals surface area contributed by atoms with Gasteiger partial charge in [0.2, 0.25) is 5.88 Å². The van der Waals surface area contributed by atoms with E-state index in [1.54, 1.807) is 13.3 Å². The molecule has 6 heteroatoms. The SMILES string of the molecule is COc1ccc(O[C@@H]2CC[C@H](c3csc(N)n3)C2)nc1. The van der Waals surface area contributed by atoms with Crippen LogP contribution in [0.5, 0.6) is 11.6 Å². The number of hydrogen-bond donors (Lipinski definition) is 1. The Morgan fingerprint density at radius 3 is 2.90 bits per heavy atom. The van der Waals surface area contributed by atoms with Crippen molar-refractivity contribution in [3.63, 3.8) is 0 Å². The lowest BCUT2D eigenvalue weighted by atomic mass is 10.1. The van der Waals surface area contributed by atoms with Crippen molar-refractivity contribution in [2.24, 2.45) is 0 Å². The molecule has 3 rings (SSSR count). The molecule has 0 radical (unpaired) electrons. The quantitative estimate of drug-likeness (QED) is 0.938. The average molecular weight is 291 g/mol. The molecule has 0 aromatic carbocycles. The van der Waals surface area contributed by atoms with Gasteiger partial charge in [0.05, 0.1) is 19.0 Å². The molecule has 1 aliphatic carbocycles. The monoisotopic (exact) mass is 291 g/mol. The molecule has 2 atom stereocenters. The van der Waals surface area contributed by atoms with E-state index < -0.39 is 0 Å². The summed E-state index contributed by atoms with van der Waals surface area (Å²) < 4.78 is 11.0. The van der Waals surface area contributed by atoms with Gasteiger partial charge in [-0.1, -0.05) is 0 Å². The van der Waals surface area contributed by atoms with Crippen molar-refractivity contribution in [1.82, 2.24) is 9.97 Å². The zero-order chi connectivity index (χ0) is 13.9. The number of nitrogen functional groups attached to an aromatic ring is 1. The number of anilines is 1. The lowest BCUT2D eigenvalue weighted by Gasteiger charge is -2.13. The highest BCUT2D eigenvalue weighted by atomic mass is 32.1. The summed E-state index contributed by atoms with van der Waals surface area (Å²) >= 11 is 1.50. The average Bonchev–Trinajstić information content (AvgIpc) is 3.09. The summed E-state index contributed by atoms with van der Waals surface area (Å²) in [6.07, 6.45) is 4.95. The van der Waals surface area contributed by atoms with Crippen molar-refractivity contribution >= 4 is 16.5 Å². The minimum Gasteiger partial charge on any atom is -0.495 e. The van der Waals surface area contributed by atoms with Crippen LogP contribution in [0.1, 0.15) is 30.9 Å². The van der Waals surface area contributed by atoms with Crippen LogP contribution in [0.2, 0.25) is 0 Å². The second-order valence-electron chi connectivity index (χ2n) is 4.90. The van der Waals surface area contributed by atoms with Crippen molar-refractivity contribution in [3.05, 3.63) is 29.4 Å². The number of ether oxygens (including phenoxy) is 2. The van der Waals surface area contributed by atoms with Crippen LogP contribution in [-0.2, 0) is 0 Å². The Balaban J connectivity index is 1.59. The van der Waals surface area contributed by atoms with Gasteiger partial charge < -0.3 is 15.2 Å². The van der Waals surface area contributed by atoms with Crippen LogP contribution < -0.4 is 15.2 Å². The molecule has 1 saturated carbocycles. The Morgan fingerprint density at radius 1 is 1.35 bits per heavy atom. The summed E-state index contributed by atoms with van der Waals surface area (Å²) in [6, 6.07) is 3.70. The molecule has 1 fully saturated rings. The van der Waals surface area contributed by atoms with E-state index in [0.29, 0.717) is 16.9 Å². The summed E-state index contributed by atoms with van der Waals surface area (Å²) in [5.41, 5.74) is 6.78. The summed E-state index contributed by atoms with van der Waals surface area (Å²) in [5.74, 6) is 1.83. The molecular formula is C14H17N3O2S. The minimum atomic E-state index is 0.198. The van der Waals surface area contributed by atoms with E-state index in [9.17, 15) is 0 Å². The maximum absolute atomic E-state index is 5.91. The van der Waals surface area contributed by atoms with Crippen molar-refractivity contribution in [1.29, 1.82) is 0 Å². The Bertz CT molecular complexity index is 570. The Morgan fingerprint density at radius 2 is 2.25 bits per heavy atom. The Labute approximate surface area is 121 Å². The molecular weight excluding hydrogens is 274 g/mol. The number of rotatable bonds is 4. The fraction of sp³-hybridized carbons (Fsp3) is 0.429. The van der Waals surface area contributed by atoms with Gasteiger partial charge in [-0.15, -0.1) is 11.3 Å². The molecule has 0 amide bonds. The van der Waals surface area contributed by atoms with Crippen molar-refractivity contribution in [3.8, 4) is 11.6 Å². The van der Waals surface area contributed by atoms with E-state index in [0.717, 1.165) is 30.7 Å². The van der Waals surface area contributed by atoms with Crippen molar-refractivity contribution in [2.75, 3.05) is 12.8 Å². The van der Waals surface area contributed by atoms with Gasteiger partial charge in [0.15, 0.2) is 5.13 Å². The third-order valence-corrected chi connectivity index (χ3v) is 4.27. The first-order valence-corrected chi connectivity index (χ1v) is 7.50. The van der Waals surface area contributed by atoms with Crippen molar-refractivity contribution < 1.29 is 9.47 Å². The molecule has 106 valence electrons. The van der Waals surface area contributed by atoms with Gasteiger partial charge in [-0.25, -0.2) is 9.97 Å². The molecule has 0 aliphatic heterocycles. The first-order valence-electron chi connectivity index (χ1n) is 6.62. The number of aromatic nitrogens is 2. The highest BCUT2D eigenvalue weighted by molar-refractivity contribution is 7.13. The zero-order valence-corrected chi connectivity index (χ0v) is 12.1. The highest BCUT2D eigenvalue weighted by Gasteiger charge is 2.29. The molecule has 0 unspecified atom stereocenters. The molecule has 2 heterocycles. The molecule has 2 aromatic rings. The third kappa shape index (κ3) is 2.85. The van der Waals surface area contributed by atoms with Crippen LogP contribution in [0.3, 0.4) is 0 Å². The molecule has 20 heavy (non-hydrogen) atoms. The molecule has 0 spiro atoms. The second kappa shape index (κ2) is 5.66. The van der Waals surface area contributed by atoms with E-state index in [1.807, 2.05) is 17.5 Å². The van der Waals surface area contributed by atoms with E-state index in [-0.39, 0.29) is 6.10 Å². The van der Waals surface area contributed by atoms with E-state index >= 15 is 0 Å². The molecule has 5 nitrogen and oxygen atoms in total. The van der Waals surface area contributed by atoms with Crippen LogP contribution >= 0.6 is 11.3 Å². The van der Waals surface area contributed by atoms with Gasteiger partial charge in [-0.05, 0) is 25.3 Å².